The first kappa shape index (κ1) is 14.5. The summed E-state index contributed by atoms with van der Waals surface area (Å²) in [5, 5.41) is 8.59. The van der Waals surface area contributed by atoms with Gasteiger partial charge in [0.05, 0.1) is 5.92 Å². The van der Waals surface area contributed by atoms with Gasteiger partial charge in [0.25, 0.3) is 5.91 Å². The quantitative estimate of drug-likeness (QED) is 0.678. The molecule has 1 aromatic rings. The van der Waals surface area contributed by atoms with E-state index in [0.717, 1.165) is 13.0 Å². The van der Waals surface area contributed by atoms with Crippen LogP contribution in [-0.4, -0.2) is 38.0 Å². The molecule has 1 heterocycles. The zero-order valence-corrected chi connectivity index (χ0v) is 11.1. The van der Waals surface area contributed by atoms with Crippen LogP contribution in [0.25, 0.3) is 0 Å². The number of amides is 2. The summed E-state index contributed by atoms with van der Waals surface area (Å²) in [6, 6.07) is 5.33. The second kappa shape index (κ2) is 7.00. The lowest BCUT2D eigenvalue weighted by Gasteiger charge is -2.10. The highest BCUT2D eigenvalue weighted by Gasteiger charge is 2.21. The standard InChI is InChI=1S/C14H18FN3O2/c15-12-3-1-10(2-4-12)13(19)17-7-8-18-14(20)11-5-6-16-9-11/h1-4,11,16H,5-9H2,(H,17,19)(H,18,20). The molecule has 2 rings (SSSR count). The van der Waals surface area contributed by atoms with E-state index in [0.29, 0.717) is 25.2 Å². The monoisotopic (exact) mass is 279 g/mol. The fourth-order valence-corrected chi connectivity index (χ4v) is 2.09. The maximum atomic E-state index is 12.7. The largest absolute Gasteiger partial charge is 0.354 e. The van der Waals surface area contributed by atoms with Crippen molar-refractivity contribution in [2.75, 3.05) is 26.2 Å². The maximum Gasteiger partial charge on any atom is 0.251 e. The van der Waals surface area contributed by atoms with Gasteiger partial charge < -0.3 is 16.0 Å². The Morgan fingerprint density at radius 3 is 2.55 bits per heavy atom. The number of benzene rings is 1. The maximum absolute atomic E-state index is 12.7. The molecule has 0 aromatic heterocycles. The van der Waals surface area contributed by atoms with Crippen LogP contribution in [-0.2, 0) is 4.79 Å². The predicted molar refractivity (Wildman–Crippen MR) is 72.7 cm³/mol. The van der Waals surface area contributed by atoms with E-state index >= 15 is 0 Å². The zero-order chi connectivity index (χ0) is 14.4. The molecule has 6 heteroatoms. The summed E-state index contributed by atoms with van der Waals surface area (Å²) in [4.78, 5) is 23.4. The summed E-state index contributed by atoms with van der Waals surface area (Å²) in [6.45, 7) is 2.33. The molecule has 3 N–H and O–H groups in total. The molecule has 108 valence electrons. The third kappa shape index (κ3) is 4.03. The number of hydrogen-bond donors (Lipinski definition) is 3. The van der Waals surface area contributed by atoms with Crippen LogP contribution in [0.3, 0.4) is 0 Å². The summed E-state index contributed by atoms with van der Waals surface area (Å²) in [5.41, 5.74) is 0.401. The molecule has 0 aliphatic carbocycles. The van der Waals surface area contributed by atoms with Gasteiger partial charge in [0.2, 0.25) is 5.91 Å². The lowest BCUT2D eigenvalue weighted by atomic mass is 10.1. The molecule has 1 saturated heterocycles. The minimum atomic E-state index is -0.376. The Balaban J connectivity index is 1.66. The molecule has 5 nitrogen and oxygen atoms in total. The molecule has 1 aliphatic heterocycles. The van der Waals surface area contributed by atoms with Gasteiger partial charge in [-0.3, -0.25) is 9.59 Å². The van der Waals surface area contributed by atoms with Gasteiger partial charge in [0.15, 0.2) is 0 Å². The second-order valence-corrected chi connectivity index (χ2v) is 4.74. The Hall–Kier alpha value is -1.95. The summed E-state index contributed by atoms with van der Waals surface area (Å²) < 4.78 is 12.7. The minimum absolute atomic E-state index is 0.0195. The molecule has 2 amide bonds. The Labute approximate surface area is 116 Å². The molecule has 1 atom stereocenters. The zero-order valence-electron chi connectivity index (χ0n) is 11.1. The molecule has 1 aliphatic rings. The number of halogens is 1. The van der Waals surface area contributed by atoms with Crippen molar-refractivity contribution in [1.29, 1.82) is 0 Å². The molecule has 0 spiro atoms. The van der Waals surface area contributed by atoms with Gasteiger partial charge in [0.1, 0.15) is 5.82 Å². The van der Waals surface area contributed by atoms with E-state index in [9.17, 15) is 14.0 Å². The topological polar surface area (TPSA) is 70.2 Å². The summed E-state index contributed by atoms with van der Waals surface area (Å²) >= 11 is 0. The first-order valence-electron chi connectivity index (χ1n) is 6.69. The van der Waals surface area contributed by atoms with E-state index in [1.165, 1.54) is 24.3 Å². The molecule has 1 aromatic carbocycles. The third-order valence-electron chi connectivity index (χ3n) is 3.25. The van der Waals surface area contributed by atoms with Crippen LogP contribution in [0.5, 0.6) is 0 Å². The summed E-state index contributed by atoms with van der Waals surface area (Å²) in [5.74, 6) is -0.602. The fourth-order valence-electron chi connectivity index (χ4n) is 2.09. The van der Waals surface area contributed by atoms with Crippen molar-refractivity contribution in [1.82, 2.24) is 16.0 Å². The predicted octanol–water partition coefficient (Wildman–Crippen LogP) is 0.281. The fraction of sp³-hybridized carbons (Fsp3) is 0.429. The number of rotatable bonds is 5. The van der Waals surface area contributed by atoms with E-state index < -0.39 is 0 Å². The molecule has 0 saturated carbocycles. The van der Waals surface area contributed by atoms with Gasteiger partial charge in [0, 0.05) is 25.2 Å². The van der Waals surface area contributed by atoms with Gasteiger partial charge in [-0.25, -0.2) is 4.39 Å². The van der Waals surface area contributed by atoms with Gasteiger partial charge >= 0.3 is 0 Å². The summed E-state index contributed by atoms with van der Waals surface area (Å²) in [6.07, 6.45) is 0.855. The van der Waals surface area contributed by atoms with Crippen LogP contribution in [0.15, 0.2) is 24.3 Å². The van der Waals surface area contributed by atoms with Crippen molar-refractivity contribution >= 4 is 11.8 Å². The smallest absolute Gasteiger partial charge is 0.251 e. The van der Waals surface area contributed by atoms with Gasteiger partial charge in [-0.2, -0.15) is 0 Å². The number of hydrogen-bond acceptors (Lipinski definition) is 3. The van der Waals surface area contributed by atoms with E-state index in [1.54, 1.807) is 0 Å². The molecule has 0 bridgehead atoms. The molecular weight excluding hydrogens is 261 g/mol. The van der Waals surface area contributed by atoms with Gasteiger partial charge in [-0.15, -0.1) is 0 Å². The Kier molecular flexibility index (Phi) is 5.06. The third-order valence-corrected chi connectivity index (χ3v) is 3.25. The number of carbonyl (C=O) groups is 2. The highest BCUT2D eigenvalue weighted by Crippen LogP contribution is 2.06. The Morgan fingerprint density at radius 2 is 1.90 bits per heavy atom. The van der Waals surface area contributed by atoms with Crippen molar-refractivity contribution in [2.24, 2.45) is 5.92 Å². The van der Waals surface area contributed by atoms with E-state index in [-0.39, 0.29) is 23.5 Å². The minimum Gasteiger partial charge on any atom is -0.354 e. The first-order chi connectivity index (χ1) is 9.66. The first-order valence-corrected chi connectivity index (χ1v) is 6.69. The molecular formula is C14H18FN3O2. The van der Waals surface area contributed by atoms with Crippen molar-refractivity contribution in [2.45, 2.75) is 6.42 Å². The average molecular weight is 279 g/mol. The van der Waals surface area contributed by atoms with Crippen LogP contribution in [0.4, 0.5) is 4.39 Å². The second-order valence-electron chi connectivity index (χ2n) is 4.74. The highest BCUT2D eigenvalue weighted by molar-refractivity contribution is 5.94. The van der Waals surface area contributed by atoms with Crippen LogP contribution in [0, 0.1) is 11.7 Å². The summed E-state index contributed by atoms with van der Waals surface area (Å²) in [7, 11) is 0. The number of carbonyl (C=O) groups excluding carboxylic acids is 2. The molecule has 1 unspecified atom stereocenters. The van der Waals surface area contributed by atoms with Gasteiger partial charge in [-0.1, -0.05) is 0 Å². The highest BCUT2D eigenvalue weighted by atomic mass is 19.1. The number of nitrogens with one attached hydrogen (secondary N) is 3. The van der Waals surface area contributed by atoms with E-state index in [4.69, 9.17) is 0 Å². The van der Waals surface area contributed by atoms with E-state index in [1.807, 2.05) is 0 Å². The van der Waals surface area contributed by atoms with Crippen molar-refractivity contribution in [3.63, 3.8) is 0 Å². The van der Waals surface area contributed by atoms with Crippen molar-refractivity contribution in [3.05, 3.63) is 35.6 Å². The lowest BCUT2D eigenvalue weighted by molar-refractivity contribution is -0.124. The SMILES string of the molecule is O=C(NCCNC(=O)C1CCNC1)c1ccc(F)cc1. The average Bonchev–Trinajstić information content (AvgIpc) is 2.98. The van der Waals surface area contributed by atoms with Crippen molar-refractivity contribution < 1.29 is 14.0 Å². The van der Waals surface area contributed by atoms with Crippen LogP contribution < -0.4 is 16.0 Å². The Morgan fingerprint density at radius 1 is 1.20 bits per heavy atom. The lowest BCUT2D eigenvalue weighted by Crippen LogP contribution is -2.38. The molecule has 1 fully saturated rings. The van der Waals surface area contributed by atoms with Crippen LogP contribution in [0.2, 0.25) is 0 Å². The van der Waals surface area contributed by atoms with E-state index in [2.05, 4.69) is 16.0 Å². The van der Waals surface area contributed by atoms with Crippen LogP contribution in [0.1, 0.15) is 16.8 Å². The normalized spacial score (nSPS) is 17.8. The molecule has 0 radical (unpaired) electrons. The molecule has 20 heavy (non-hydrogen) atoms. The Bertz CT molecular complexity index is 470. The van der Waals surface area contributed by atoms with Crippen molar-refractivity contribution in [3.8, 4) is 0 Å². The van der Waals surface area contributed by atoms with Crippen LogP contribution >= 0.6 is 0 Å². The van der Waals surface area contributed by atoms with Gasteiger partial charge in [-0.05, 0) is 37.2 Å².